The summed E-state index contributed by atoms with van der Waals surface area (Å²) in [5.41, 5.74) is 1.21. The van der Waals surface area contributed by atoms with Gasteiger partial charge in [0.15, 0.2) is 0 Å². The molecule has 8 heavy (non-hydrogen) atoms. The second kappa shape index (κ2) is 4.63. The lowest BCUT2D eigenvalue weighted by Crippen LogP contribution is -1.66. The highest BCUT2D eigenvalue weighted by atomic mass is 13.8. The number of hydrogen-bond acceptors (Lipinski definition) is 0. The van der Waals surface area contributed by atoms with Gasteiger partial charge in [0, 0.05) is 0 Å². The van der Waals surface area contributed by atoms with E-state index in [-0.39, 0.29) is 0 Å². The van der Waals surface area contributed by atoms with Crippen LogP contribution in [-0.4, -0.2) is 0 Å². The lowest BCUT2D eigenvalue weighted by Gasteiger charge is -1.87. The molecule has 0 aromatic carbocycles. The summed E-state index contributed by atoms with van der Waals surface area (Å²) in [4.78, 5) is 0. The fourth-order valence-corrected chi connectivity index (χ4v) is 0.402. The summed E-state index contributed by atoms with van der Waals surface area (Å²) in [6, 6.07) is 0. The van der Waals surface area contributed by atoms with Gasteiger partial charge >= 0.3 is 0 Å². The van der Waals surface area contributed by atoms with Gasteiger partial charge < -0.3 is 0 Å². The van der Waals surface area contributed by atoms with E-state index in [1.54, 1.807) is 0 Å². The summed E-state index contributed by atoms with van der Waals surface area (Å²) < 4.78 is 0. The molecule has 0 fully saturated rings. The molecular formula is C8H14. The minimum absolute atomic E-state index is 1.07. The Bertz CT molecular complexity index is 88.2. The van der Waals surface area contributed by atoms with Crippen LogP contribution in [0.4, 0.5) is 0 Å². The van der Waals surface area contributed by atoms with Crippen LogP contribution in [0.5, 0.6) is 0 Å². The summed E-state index contributed by atoms with van der Waals surface area (Å²) in [5, 5.41) is 0. The summed E-state index contributed by atoms with van der Waals surface area (Å²) >= 11 is 0. The molecule has 0 atom stereocenters. The van der Waals surface area contributed by atoms with Gasteiger partial charge in [-0.15, -0.1) is 0 Å². The minimum Gasteiger partial charge on any atom is -0.0959 e. The van der Waals surface area contributed by atoms with Crippen LogP contribution in [0, 0.1) is 0 Å². The third-order valence-electron chi connectivity index (χ3n) is 1.04. The fourth-order valence-electron chi connectivity index (χ4n) is 0.402. The van der Waals surface area contributed by atoms with E-state index in [9.17, 15) is 0 Å². The van der Waals surface area contributed by atoms with Gasteiger partial charge in [0.25, 0.3) is 0 Å². The first-order valence-corrected chi connectivity index (χ1v) is 3.15. The lowest BCUT2D eigenvalue weighted by atomic mass is 10.2. The van der Waals surface area contributed by atoms with Crippen molar-refractivity contribution < 1.29 is 0 Å². The maximum absolute atomic E-state index is 3.82. The molecule has 0 heteroatoms. The average molecular weight is 110 g/mol. The minimum atomic E-state index is 1.07. The van der Waals surface area contributed by atoms with Crippen LogP contribution < -0.4 is 0 Å². The Kier molecular flexibility index (Phi) is 4.33. The van der Waals surface area contributed by atoms with Gasteiger partial charge in [0.1, 0.15) is 0 Å². The summed E-state index contributed by atoms with van der Waals surface area (Å²) in [6.45, 7) is 8.06. The van der Waals surface area contributed by atoms with E-state index in [0.29, 0.717) is 0 Å². The van der Waals surface area contributed by atoms with Crippen LogP contribution in [-0.2, 0) is 0 Å². The maximum Gasteiger partial charge on any atom is -0.0313 e. The first-order valence-electron chi connectivity index (χ1n) is 3.15. The molecule has 0 unspecified atom stereocenters. The molecule has 0 amide bonds. The van der Waals surface area contributed by atoms with Crippen molar-refractivity contribution in [2.75, 3.05) is 0 Å². The third kappa shape index (κ3) is 3.66. The molecule has 0 heterocycles. The van der Waals surface area contributed by atoms with Crippen LogP contribution in [0.15, 0.2) is 24.3 Å². The molecule has 0 aliphatic rings. The Morgan fingerprint density at radius 1 is 1.50 bits per heavy atom. The summed E-state index contributed by atoms with van der Waals surface area (Å²) in [6.07, 6.45) is 6.39. The molecule has 0 aliphatic heterocycles. The van der Waals surface area contributed by atoms with Crippen LogP contribution in [0.3, 0.4) is 0 Å². The molecule has 0 rings (SSSR count). The van der Waals surface area contributed by atoms with Gasteiger partial charge in [-0.3, -0.25) is 0 Å². The van der Waals surface area contributed by atoms with E-state index >= 15 is 0 Å². The molecule has 0 spiro atoms. The van der Waals surface area contributed by atoms with Gasteiger partial charge in [0.05, 0.1) is 0 Å². The highest BCUT2D eigenvalue weighted by Crippen LogP contribution is 1.97. The first-order chi connectivity index (χ1) is 3.81. The van der Waals surface area contributed by atoms with Gasteiger partial charge in [-0.25, -0.2) is 0 Å². The Morgan fingerprint density at radius 2 is 2.12 bits per heavy atom. The summed E-state index contributed by atoms with van der Waals surface area (Å²) in [7, 11) is 0. The van der Waals surface area contributed by atoms with Crippen LogP contribution >= 0.6 is 0 Å². The van der Waals surface area contributed by atoms with E-state index in [2.05, 4.69) is 32.6 Å². The highest BCUT2D eigenvalue weighted by Gasteiger charge is 1.76. The van der Waals surface area contributed by atoms with Gasteiger partial charge in [-0.2, -0.15) is 0 Å². The molecule has 0 aromatic heterocycles. The van der Waals surface area contributed by atoms with Crippen LogP contribution in [0.2, 0.25) is 0 Å². The topological polar surface area (TPSA) is 0 Å². The van der Waals surface area contributed by atoms with E-state index < -0.39 is 0 Å². The Hall–Kier alpha value is -0.520. The van der Waals surface area contributed by atoms with E-state index in [0.717, 1.165) is 12.8 Å². The lowest BCUT2D eigenvalue weighted by molar-refractivity contribution is 1.14. The van der Waals surface area contributed by atoms with Crippen molar-refractivity contribution in [2.24, 2.45) is 0 Å². The third-order valence-corrected chi connectivity index (χ3v) is 1.04. The molecule has 46 valence electrons. The van der Waals surface area contributed by atoms with Crippen molar-refractivity contribution in [1.82, 2.24) is 0 Å². The molecule has 0 saturated carbocycles. The van der Waals surface area contributed by atoms with Crippen molar-refractivity contribution in [3.63, 3.8) is 0 Å². The Morgan fingerprint density at radius 3 is 2.50 bits per heavy atom. The standard InChI is InChI=1S/C8H14/c1-4-6-7-8(3)5-2/h6-7H,3-5H2,1-2H3/b7-6-. The molecular weight excluding hydrogens is 96.1 g/mol. The molecule has 0 N–H and O–H groups in total. The van der Waals surface area contributed by atoms with Gasteiger partial charge in [-0.05, 0) is 12.8 Å². The van der Waals surface area contributed by atoms with Crippen molar-refractivity contribution >= 4 is 0 Å². The fraction of sp³-hybridized carbons (Fsp3) is 0.500. The zero-order valence-corrected chi connectivity index (χ0v) is 5.78. The molecule has 0 aliphatic carbocycles. The van der Waals surface area contributed by atoms with Crippen molar-refractivity contribution in [3.05, 3.63) is 24.3 Å². The Balaban J connectivity index is 3.37. The van der Waals surface area contributed by atoms with Crippen molar-refractivity contribution in [3.8, 4) is 0 Å². The molecule has 0 bridgehead atoms. The second-order valence-electron chi connectivity index (χ2n) is 1.82. The molecule has 0 saturated heterocycles. The zero-order chi connectivity index (χ0) is 6.41. The number of rotatable bonds is 3. The van der Waals surface area contributed by atoms with E-state index in [4.69, 9.17) is 0 Å². The van der Waals surface area contributed by atoms with Gasteiger partial charge in [0.2, 0.25) is 0 Å². The van der Waals surface area contributed by atoms with E-state index in [1.807, 2.05) is 0 Å². The normalized spacial score (nSPS) is 10.2. The smallest absolute Gasteiger partial charge is 0.0313 e. The first kappa shape index (κ1) is 7.48. The SMILES string of the molecule is C=C(/C=C\CC)CC. The number of allylic oxidation sites excluding steroid dienone is 3. The highest BCUT2D eigenvalue weighted by molar-refractivity contribution is 5.12. The molecule has 0 radical (unpaired) electrons. The predicted octanol–water partition coefficient (Wildman–Crippen LogP) is 2.92. The quantitative estimate of drug-likeness (QED) is 0.490. The molecule has 0 nitrogen and oxygen atoms in total. The van der Waals surface area contributed by atoms with E-state index in [1.165, 1.54) is 5.57 Å². The second-order valence-corrected chi connectivity index (χ2v) is 1.82. The van der Waals surface area contributed by atoms with Crippen LogP contribution in [0.1, 0.15) is 26.7 Å². The number of hydrogen-bond donors (Lipinski definition) is 0. The van der Waals surface area contributed by atoms with Crippen molar-refractivity contribution in [1.29, 1.82) is 0 Å². The molecule has 0 aromatic rings. The van der Waals surface area contributed by atoms with Crippen molar-refractivity contribution in [2.45, 2.75) is 26.7 Å². The largest absolute Gasteiger partial charge is 0.0959 e. The Labute approximate surface area is 51.9 Å². The average Bonchev–Trinajstić information content (AvgIpc) is 1.83. The predicted molar refractivity (Wildman–Crippen MR) is 38.9 cm³/mol. The zero-order valence-electron chi connectivity index (χ0n) is 5.78. The monoisotopic (exact) mass is 110 g/mol. The summed E-state index contributed by atoms with van der Waals surface area (Å²) in [5.74, 6) is 0. The van der Waals surface area contributed by atoms with Gasteiger partial charge in [-0.1, -0.05) is 38.2 Å². The van der Waals surface area contributed by atoms with Crippen LogP contribution in [0.25, 0.3) is 0 Å². The maximum atomic E-state index is 3.82.